The van der Waals surface area contributed by atoms with Crippen LogP contribution in [0.3, 0.4) is 0 Å². The molecule has 0 N–H and O–H groups in total. The van der Waals surface area contributed by atoms with Gasteiger partial charge in [0.2, 0.25) is 11.8 Å². The summed E-state index contributed by atoms with van der Waals surface area (Å²) in [6.45, 7) is 4.67. The summed E-state index contributed by atoms with van der Waals surface area (Å²) >= 11 is 1.64. The van der Waals surface area contributed by atoms with E-state index in [1.807, 2.05) is 18.2 Å². The van der Waals surface area contributed by atoms with Crippen molar-refractivity contribution in [2.75, 3.05) is 38.2 Å². The van der Waals surface area contributed by atoms with Crippen molar-refractivity contribution in [3.8, 4) is 5.88 Å². The van der Waals surface area contributed by atoms with Gasteiger partial charge in [-0.05, 0) is 12.1 Å². The number of anilines is 1. The van der Waals surface area contributed by atoms with Crippen LogP contribution in [0.25, 0.3) is 10.3 Å². The Labute approximate surface area is 144 Å². The molecule has 0 saturated carbocycles. The van der Waals surface area contributed by atoms with Crippen LogP contribution in [0.15, 0.2) is 30.6 Å². The number of ether oxygens (including phenoxy) is 1. The van der Waals surface area contributed by atoms with E-state index in [1.54, 1.807) is 30.8 Å². The van der Waals surface area contributed by atoms with Gasteiger partial charge in [-0.2, -0.15) is 0 Å². The van der Waals surface area contributed by atoms with Gasteiger partial charge in [0.05, 0.1) is 13.7 Å². The van der Waals surface area contributed by atoms with E-state index in [-0.39, 0.29) is 0 Å². The summed E-state index contributed by atoms with van der Waals surface area (Å²) in [5, 5.41) is 1.09. The molecule has 1 saturated heterocycles. The van der Waals surface area contributed by atoms with Crippen LogP contribution in [0.2, 0.25) is 0 Å². The Kier molecular flexibility index (Phi) is 4.22. The molecule has 24 heavy (non-hydrogen) atoms. The topological polar surface area (TPSA) is 67.3 Å². The number of fused-ring (bicyclic) bond motifs is 1. The molecule has 0 aliphatic carbocycles. The third-order valence-corrected chi connectivity index (χ3v) is 5.00. The highest BCUT2D eigenvalue weighted by molar-refractivity contribution is 7.18. The molecule has 0 spiro atoms. The van der Waals surface area contributed by atoms with E-state index in [0.717, 1.165) is 54.0 Å². The lowest BCUT2D eigenvalue weighted by atomic mass is 10.3. The number of piperazine rings is 1. The first-order valence-electron chi connectivity index (χ1n) is 7.86. The lowest BCUT2D eigenvalue weighted by Crippen LogP contribution is -2.46. The van der Waals surface area contributed by atoms with E-state index in [4.69, 9.17) is 4.74 Å². The third-order valence-electron chi connectivity index (χ3n) is 4.05. The smallest absolute Gasteiger partial charge is 0.225 e. The third kappa shape index (κ3) is 3.15. The minimum absolute atomic E-state index is 0.633. The zero-order valence-corrected chi connectivity index (χ0v) is 14.2. The van der Waals surface area contributed by atoms with Crippen LogP contribution in [0, 0.1) is 0 Å². The highest BCUT2D eigenvalue weighted by Gasteiger charge is 2.20. The van der Waals surface area contributed by atoms with E-state index in [1.165, 1.54) is 0 Å². The lowest BCUT2D eigenvalue weighted by molar-refractivity contribution is 0.248. The van der Waals surface area contributed by atoms with Crippen molar-refractivity contribution in [3.63, 3.8) is 0 Å². The predicted octanol–water partition coefficient (Wildman–Crippen LogP) is 1.81. The predicted molar refractivity (Wildman–Crippen MR) is 93.5 cm³/mol. The molecule has 3 aromatic heterocycles. The molecule has 0 bridgehead atoms. The standard InChI is InChI=1S/C16H18N6OS/c1-23-13-4-3-12-15(20-13)24-14(19-12)11-21-7-9-22(10-8-21)16-17-5-2-6-18-16/h2-6H,7-11H2,1H3. The van der Waals surface area contributed by atoms with Gasteiger partial charge in [0.25, 0.3) is 0 Å². The van der Waals surface area contributed by atoms with E-state index >= 15 is 0 Å². The quantitative estimate of drug-likeness (QED) is 0.716. The van der Waals surface area contributed by atoms with Crippen LogP contribution in [0.1, 0.15) is 5.01 Å². The Morgan fingerprint density at radius 2 is 1.88 bits per heavy atom. The zero-order valence-electron chi connectivity index (χ0n) is 13.4. The molecule has 0 unspecified atom stereocenters. The number of pyridine rings is 1. The first-order chi connectivity index (χ1) is 11.8. The molecule has 124 valence electrons. The number of methoxy groups -OCH3 is 1. The van der Waals surface area contributed by atoms with Gasteiger partial charge in [-0.25, -0.2) is 19.9 Å². The molecule has 0 amide bonds. The average Bonchev–Trinajstić information content (AvgIpc) is 3.04. The summed E-state index contributed by atoms with van der Waals surface area (Å²) in [6.07, 6.45) is 3.58. The Morgan fingerprint density at radius 3 is 2.62 bits per heavy atom. The van der Waals surface area contributed by atoms with E-state index in [2.05, 4.69) is 29.7 Å². The number of hydrogen-bond acceptors (Lipinski definition) is 8. The molecular formula is C16H18N6OS. The molecule has 1 fully saturated rings. The molecule has 8 heteroatoms. The summed E-state index contributed by atoms with van der Waals surface area (Å²) in [4.78, 5) is 23.3. The maximum absolute atomic E-state index is 5.18. The second-order valence-corrected chi connectivity index (χ2v) is 6.66. The molecule has 4 heterocycles. The first-order valence-corrected chi connectivity index (χ1v) is 8.68. The van der Waals surface area contributed by atoms with Crippen LogP contribution >= 0.6 is 11.3 Å². The Bertz CT molecular complexity index is 816. The second kappa shape index (κ2) is 6.66. The molecular weight excluding hydrogens is 324 g/mol. The van der Waals surface area contributed by atoms with Gasteiger partial charge in [0.15, 0.2) is 0 Å². The average molecular weight is 342 g/mol. The Balaban J connectivity index is 1.40. The van der Waals surface area contributed by atoms with Gasteiger partial charge in [-0.1, -0.05) is 11.3 Å². The monoisotopic (exact) mass is 342 g/mol. The van der Waals surface area contributed by atoms with E-state index in [0.29, 0.717) is 5.88 Å². The number of thiazole rings is 1. The maximum Gasteiger partial charge on any atom is 0.225 e. The van der Waals surface area contributed by atoms with Crippen LogP contribution < -0.4 is 9.64 Å². The van der Waals surface area contributed by atoms with Crippen LogP contribution in [-0.4, -0.2) is 58.1 Å². The maximum atomic E-state index is 5.18. The summed E-state index contributed by atoms with van der Waals surface area (Å²) in [6, 6.07) is 5.66. The number of hydrogen-bond donors (Lipinski definition) is 0. The zero-order chi connectivity index (χ0) is 16.4. The van der Waals surface area contributed by atoms with Crippen molar-refractivity contribution in [2.24, 2.45) is 0 Å². The van der Waals surface area contributed by atoms with E-state index in [9.17, 15) is 0 Å². The fraction of sp³-hybridized carbons (Fsp3) is 0.375. The van der Waals surface area contributed by atoms with Crippen molar-refractivity contribution >= 4 is 27.6 Å². The summed E-state index contributed by atoms with van der Waals surface area (Å²) in [5.74, 6) is 1.45. The molecule has 0 atom stereocenters. The lowest BCUT2D eigenvalue weighted by Gasteiger charge is -2.34. The van der Waals surface area contributed by atoms with E-state index < -0.39 is 0 Å². The first kappa shape index (κ1) is 15.2. The molecule has 1 aliphatic rings. The second-order valence-electron chi connectivity index (χ2n) is 5.60. The normalized spacial score (nSPS) is 15.8. The van der Waals surface area contributed by atoms with Crippen molar-refractivity contribution in [3.05, 3.63) is 35.6 Å². The van der Waals surface area contributed by atoms with Gasteiger partial charge < -0.3 is 9.64 Å². The van der Waals surface area contributed by atoms with Gasteiger partial charge in [0, 0.05) is 44.6 Å². The molecule has 7 nitrogen and oxygen atoms in total. The minimum Gasteiger partial charge on any atom is -0.481 e. The summed E-state index contributed by atoms with van der Waals surface area (Å²) < 4.78 is 5.18. The summed E-state index contributed by atoms with van der Waals surface area (Å²) in [7, 11) is 1.63. The van der Waals surface area contributed by atoms with Crippen molar-refractivity contribution < 1.29 is 4.74 Å². The number of nitrogens with zero attached hydrogens (tertiary/aromatic N) is 6. The van der Waals surface area contributed by atoms with Gasteiger partial charge >= 0.3 is 0 Å². The number of rotatable bonds is 4. The SMILES string of the molecule is COc1ccc2nc(CN3CCN(c4ncccn4)CC3)sc2n1. The highest BCUT2D eigenvalue weighted by atomic mass is 32.1. The molecule has 3 aromatic rings. The Hall–Kier alpha value is -2.32. The van der Waals surface area contributed by atoms with Crippen LogP contribution in [-0.2, 0) is 6.54 Å². The van der Waals surface area contributed by atoms with Crippen molar-refractivity contribution in [2.45, 2.75) is 6.54 Å². The minimum atomic E-state index is 0.633. The van der Waals surface area contributed by atoms with Crippen molar-refractivity contribution in [1.29, 1.82) is 0 Å². The van der Waals surface area contributed by atoms with Crippen molar-refractivity contribution in [1.82, 2.24) is 24.8 Å². The largest absolute Gasteiger partial charge is 0.481 e. The summed E-state index contributed by atoms with van der Waals surface area (Å²) in [5.41, 5.74) is 0.937. The fourth-order valence-corrected chi connectivity index (χ4v) is 3.75. The number of aromatic nitrogens is 4. The van der Waals surface area contributed by atoms with Gasteiger partial charge in [0.1, 0.15) is 15.4 Å². The fourth-order valence-electron chi connectivity index (χ4n) is 2.78. The van der Waals surface area contributed by atoms with Crippen LogP contribution in [0.5, 0.6) is 5.88 Å². The molecule has 0 radical (unpaired) electrons. The van der Waals surface area contributed by atoms with Gasteiger partial charge in [-0.15, -0.1) is 0 Å². The molecule has 1 aliphatic heterocycles. The highest BCUT2D eigenvalue weighted by Crippen LogP contribution is 2.24. The van der Waals surface area contributed by atoms with Crippen LogP contribution in [0.4, 0.5) is 5.95 Å². The molecule has 4 rings (SSSR count). The molecule has 0 aromatic carbocycles. The Morgan fingerprint density at radius 1 is 1.08 bits per heavy atom. The van der Waals surface area contributed by atoms with Gasteiger partial charge in [-0.3, -0.25) is 4.90 Å².